The van der Waals surface area contributed by atoms with Crippen LogP contribution >= 0.6 is 0 Å². The average molecular weight is 289 g/mol. The summed E-state index contributed by atoms with van der Waals surface area (Å²) in [5.41, 5.74) is 0. The molecule has 3 N–H and O–H groups in total. The van der Waals surface area contributed by atoms with Crippen LogP contribution < -0.4 is 10.6 Å². The molecule has 1 atom stereocenters. The first-order valence-electron chi connectivity index (χ1n) is 6.36. The van der Waals surface area contributed by atoms with Gasteiger partial charge < -0.3 is 25.4 Å². The molecule has 0 radical (unpaired) electrons. The van der Waals surface area contributed by atoms with Gasteiger partial charge in [-0.3, -0.25) is 4.79 Å². The Morgan fingerprint density at radius 2 is 2.00 bits per heavy atom. The van der Waals surface area contributed by atoms with E-state index in [4.69, 9.17) is 9.84 Å². The molecule has 0 saturated heterocycles. The molecule has 1 unspecified atom stereocenters. The molecule has 0 aliphatic carbocycles. The van der Waals surface area contributed by atoms with Crippen molar-refractivity contribution in [2.24, 2.45) is 0 Å². The highest BCUT2D eigenvalue weighted by molar-refractivity contribution is 5.83. The second kappa shape index (κ2) is 10.0. The van der Waals surface area contributed by atoms with Crippen LogP contribution in [0.5, 0.6) is 0 Å². The molecule has 0 bridgehead atoms. The normalized spacial score (nSPS) is 11.6. The van der Waals surface area contributed by atoms with Crippen LogP contribution in [-0.4, -0.2) is 68.3 Å². The highest BCUT2D eigenvalue weighted by atomic mass is 16.5. The minimum absolute atomic E-state index is 0.168. The number of carbonyl (C=O) groups excluding carboxylic acids is 2. The van der Waals surface area contributed by atoms with Crippen molar-refractivity contribution in [3.8, 4) is 0 Å². The molecular weight excluding hydrogens is 266 g/mol. The number of nitrogens with one attached hydrogen (secondary N) is 2. The summed E-state index contributed by atoms with van der Waals surface area (Å²) in [5.74, 6) is -1.27. The Kier molecular flexibility index (Phi) is 9.10. The number of carboxylic acids is 1. The van der Waals surface area contributed by atoms with E-state index in [9.17, 15) is 14.4 Å². The SMILES string of the molecule is CNC(=O)CCN(C)C(=O)NC(CCCOC)C(=O)O. The minimum atomic E-state index is -1.09. The van der Waals surface area contributed by atoms with Crippen molar-refractivity contribution in [3.63, 3.8) is 0 Å². The maximum absolute atomic E-state index is 11.8. The first-order valence-corrected chi connectivity index (χ1v) is 6.36. The van der Waals surface area contributed by atoms with E-state index in [-0.39, 0.29) is 25.3 Å². The van der Waals surface area contributed by atoms with Gasteiger partial charge in [-0.05, 0) is 12.8 Å². The molecule has 3 amide bonds. The lowest BCUT2D eigenvalue weighted by atomic mass is 10.1. The number of urea groups is 1. The Bertz CT molecular complexity index is 335. The fraction of sp³-hybridized carbons (Fsp3) is 0.750. The van der Waals surface area contributed by atoms with E-state index in [2.05, 4.69) is 10.6 Å². The molecule has 0 aromatic carbocycles. The highest BCUT2D eigenvalue weighted by Gasteiger charge is 2.21. The van der Waals surface area contributed by atoms with Crippen molar-refractivity contribution in [1.82, 2.24) is 15.5 Å². The van der Waals surface area contributed by atoms with E-state index in [1.807, 2.05) is 0 Å². The Morgan fingerprint density at radius 3 is 2.50 bits per heavy atom. The Hall–Kier alpha value is -1.83. The van der Waals surface area contributed by atoms with Crippen LogP contribution in [0, 0.1) is 0 Å². The van der Waals surface area contributed by atoms with E-state index < -0.39 is 18.0 Å². The zero-order valence-electron chi connectivity index (χ0n) is 12.1. The third-order valence-corrected chi connectivity index (χ3v) is 2.74. The molecule has 8 nitrogen and oxygen atoms in total. The summed E-state index contributed by atoms with van der Waals surface area (Å²) >= 11 is 0. The van der Waals surface area contributed by atoms with Gasteiger partial charge in [0.2, 0.25) is 5.91 Å². The topological polar surface area (TPSA) is 108 Å². The third-order valence-electron chi connectivity index (χ3n) is 2.74. The molecule has 20 heavy (non-hydrogen) atoms. The predicted octanol–water partition coefficient (Wildman–Crippen LogP) is -0.356. The van der Waals surface area contributed by atoms with Crippen LogP contribution in [0.4, 0.5) is 4.79 Å². The maximum Gasteiger partial charge on any atom is 0.326 e. The van der Waals surface area contributed by atoms with Gasteiger partial charge in [-0.1, -0.05) is 0 Å². The largest absolute Gasteiger partial charge is 0.480 e. The standard InChI is InChI=1S/C12H23N3O5/c1-13-10(16)6-7-15(2)12(19)14-9(11(17)18)5-4-8-20-3/h9H,4-8H2,1-3H3,(H,13,16)(H,14,19)(H,17,18). The zero-order chi connectivity index (χ0) is 15.5. The van der Waals surface area contributed by atoms with E-state index in [0.717, 1.165) is 0 Å². The average Bonchev–Trinajstić information content (AvgIpc) is 2.42. The highest BCUT2D eigenvalue weighted by Crippen LogP contribution is 2.00. The van der Waals surface area contributed by atoms with Gasteiger partial charge >= 0.3 is 12.0 Å². The minimum Gasteiger partial charge on any atom is -0.480 e. The fourth-order valence-electron chi connectivity index (χ4n) is 1.44. The van der Waals surface area contributed by atoms with Crippen LogP contribution in [0.25, 0.3) is 0 Å². The van der Waals surface area contributed by atoms with Crippen LogP contribution in [-0.2, 0) is 14.3 Å². The molecule has 0 saturated carbocycles. The number of ether oxygens (including phenoxy) is 1. The second-order valence-corrected chi connectivity index (χ2v) is 4.32. The number of rotatable bonds is 9. The van der Waals surface area contributed by atoms with E-state index >= 15 is 0 Å². The number of carbonyl (C=O) groups is 3. The number of hydrogen-bond donors (Lipinski definition) is 3. The van der Waals surface area contributed by atoms with Crippen molar-refractivity contribution < 1.29 is 24.2 Å². The first kappa shape index (κ1) is 18.2. The summed E-state index contributed by atoms with van der Waals surface area (Å²) < 4.78 is 4.84. The van der Waals surface area contributed by atoms with Crippen LogP contribution in [0.1, 0.15) is 19.3 Å². The number of methoxy groups -OCH3 is 1. The van der Waals surface area contributed by atoms with E-state index in [0.29, 0.717) is 13.0 Å². The van der Waals surface area contributed by atoms with Crippen LogP contribution in [0.15, 0.2) is 0 Å². The summed E-state index contributed by atoms with van der Waals surface area (Å²) in [6.07, 6.45) is 0.996. The van der Waals surface area contributed by atoms with Crippen LogP contribution in [0.3, 0.4) is 0 Å². The second-order valence-electron chi connectivity index (χ2n) is 4.32. The molecule has 0 aliphatic rings. The van der Waals surface area contributed by atoms with Crippen molar-refractivity contribution >= 4 is 17.9 Å². The van der Waals surface area contributed by atoms with Crippen molar-refractivity contribution in [3.05, 3.63) is 0 Å². The van der Waals surface area contributed by atoms with Gasteiger partial charge in [-0.25, -0.2) is 9.59 Å². The molecule has 0 aromatic heterocycles. The predicted molar refractivity (Wildman–Crippen MR) is 72.4 cm³/mol. The maximum atomic E-state index is 11.8. The molecule has 0 aliphatic heterocycles. The molecular formula is C12H23N3O5. The Labute approximate surface area is 118 Å². The lowest BCUT2D eigenvalue weighted by Crippen LogP contribution is -2.47. The quantitative estimate of drug-likeness (QED) is 0.503. The molecule has 8 heteroatoms. The van der Waals surface area contributed by atoms with Gasteiger partial charge in [-0.15, -0.1) is 0 Å². The molecule has 0 aromatic rings. The molecule has 0 spiro atoms. The monoisotopic (exact) mass is 289 g/mol. The number of nitrogens with zero attached hydrogens (tertiary/aromatic N) is 1. The summed E-state index contributed by atoms with van der Waals surface area (Å²) in [4.78, 5) is 35.2. The summed E-state index contributed by atoms with van der Waals surface area (Å²) in [6.45, 7) is 0.655. The first-order chi connectivity index (χ1) is 9.42. The lowest BCUT2D eigenvalue weighted by Gasteiger charge is -2.21. The molecule has 0 rings (SSSR count). The van der Waals surface area contributed by atoms with Gasteiger partial charge in [0.05, 0.1) is 0 Å². The van der Waals surface area contributed by atoms with Gasteiger partial charge in [0.25, 0.3) is 0 Å². The lowest BCUT2D eigenvalue weighted by molar-refractivity contribution is -0.139. The van der Waals surface area contributed by atoms with Crippen molar-refractivity contribution in [2.45, 2.75) is 25.3 Å². The fourth-order valence-corrected chi connectivity index (χ4v) is 1.44. The number of amides is 3. The van der Waals surface area contributed by atoms with Gasteiger partial charge in [0, 0.05) is 40.8 Å². The smallest absolute Gasteiger partial charge is 0.326 e. The number of carboxylic acid groups (broad SMARTS) is 1. The molecule has 0 fully saturated rings. The van der Waals surface area contributed by atoms with E-state index in [1.165, 1.54) is 26.1 Å². The number of hydrogen-bond acceptors (Lipinski definition) is 4. The zero-order valence-corrected chi connectivity index (χ0v) is 12.1. The van der Waals surface area contributed by atoms with Gasteiger partial charge in [-0.2, -0.15) is 0 Å². The van der Waals surface area contributed by atoms with E-state index in [1.54, 1.807) is 0 Å². The summed E-state index contributed by atoms with van der Waals surface area (Å²) in [5, 5.41) is 13.9. The molecule has 116 valence electrons. The molecule has 0 heterocycles. The number of aliphatic carboxylic acids is 1. The summed E-state index contributed by atoms with van der Waals surface area (Å²) in [7, 11) is 4.55. The Balaban J connectivity index is 4.22. The Morgan fingerprint density at radius 1 is 1.35 bits per heavy atom. The van der Waals surface area contributed by atoms with Crippen molar-refractivity contribution in [1.29, 1.82) is 0 Å². The van der Waals surface area contributed by atoms with Gasteiger partial charge in [0.15, 0.2) is 0 Å². The third kappa shape index (κ3) is 7.57. The van der Waals surface area contributed by atoms with Crippen molar-refractivity contribution in [2.75, 3.05) is 34.4 Å². The summed E-state index contributed by atoms with van der Waals surface area (Å²) in [6, 6.07) is -1.47. The van der Waals surface area contributed by atoms with Gasteiger partial charge in [0.1, 0.15) is 6.04 Å². The van der Waals surface area contributed by atoms with Crippen LogP contribution in [0.2, 0.25) is 0 Å².